The molecule has 0 aliphatic carbocycles. The summed E-state index contributed by atoms with van der Waals surface area (Å²) in [7, 11) is 2.07. The number of benzene rings is 1. The molecule has 0 heterocycles. The molecule has 16 heavy (non-hydrogen) atoms. The first-order valence-corrected chi connectivity index (χ1v) is 6.20. The van der Waals surface area contributed by atoms with E-state index in [9.17, 15) is 0 Å². The lowest BCUT2D eigenvalue weighted by atomic mass is 10.2. The summed E-state index contributed by atoms with van der Waals surface area (Å²) in [6.45, 7) is 5.04. The maximum absolute atomic E-state index is 5.67. The van der Waals surface area contributed by atoms with E-state index in [4.69, 9.17) is 16.3 Å². The number of hydrogen-bond acceptors (Lipinski definition) is 2. The molecule has 1 aromatic carbocycles. The highest BCUT2D eigenvalue weighted by Gasteiger charge is 2.01. The van der Waals surface area contributed by atoms with Crippen LogP contribution in [0.3, 0.4) is 0 Å². The van der Waals surface area contributed by atoms with Gasteiger partial charge >= 0.3 is 0 Å². The van der Waals surface area contributed by atoms with Crippen LogP contribution in [0.5, 0.6) is 5.75 Å². The summed E-state index contributed by atoms with van der Waals surface area (Å²) in [5.74, 6) is 1.63. The summed E-state index contributed by atoms with van der Waals surface area (Å²) in [6.07, 6.45) is 1.22. The van der Waals surface area contributed by atoms with Crippen molar-refractivity contribution in [3.05, 3.63) is 24.3 Å². The number of nitrogens with zero attached hydrogens (tertiary/aromatic N) is 1. The highest BCUT2D eigenvalue weighted by molar-refractivity contribution is 6.17. The Labute approximate surface area is 103 Å². The molecule has 0 aliphatic rings. The second-order valence-corrected chi connectivity index (χ2v) is 4.50. The standard InChI is InChI=1S/C13H20ClNO/c1-11(2)16-13-7-5-12(6-8-13)15(3)10-4-9-14/h5-8,11H,4,9-10H2,1-3H3. The summed E-state index contributed by atoms with van der Waals surface area (Å²) in [5.41, 5.74) is 1.20. The third-order valence-corrected chi connectivity index (χ3v) is 2.54. The van der Waals surface area contributed by atoms with Gasteiger partial charge in [-0.15, -0.1) is 11.6 Å². The molecule has 0 aromatic heterocycles. The van der Waals surface area contributed by atoms with Crippen molar-refractivity contribution in [2.24, 2.45) is 0 Å². The minimum atomic E-state index is 0.222. The fourth-order valence-corrected chi connectivity index (χ4v) is 1.60. The molecule has 90 valence electrons. The van der Waals surface area contributed by atoms with Gasteiger partial charge in [-0.25, -0.2) is 0 Å². The zero-order valence-electron chi connectivity index (χ0n) is 10.2. The summed E-state index contributed by atoms with van der Waals surface area (Å²) in [6, 6.07) is 8.16. The molecule has 0 radical (unpaired) electrons. The number of halogens is 1. The Bertz CT molecular complexity index is 297. The minimum absolute atomic E-state index is 0.222. The van der Waals surface area contributed by atoms with Crippen LogP contribution in [-0.2, 0) is 0 Å². The average Bonchev–Trinajstić information content (AvgIpc) is 2.26. The van der Waals surface area contributed by atoms with Crippen LogP contribution in [0, 0.1) is 0 Å². The molecule has 0 fully saturated rings. The van der Waals surface area contributed by atoms with E-state index < -0.39 is 0 Å². The quantitative estimate of drug-likeness (QED) is 0.707. The summed E-state index contributed by atoms with van der Waals surface area (Å²) >= 11 is 5.67. The summed E-state index contributed by atoms with van der Waals surface area (Å²) in [5, 5.41) is 0. The molecule has 0 saturated carbocycles. The van der Waals surface area contributed by atoms with E-state index >= 15 is 0 Å². The molecule has 0 atom stereocenters. The second kappa shape index (κ2) is 6.64. The lowest BCUT2D eigenvalue weighted by Gasteiger charge is -2.19. The Balaban J connectivity index is 2.56. The van der Waals surface area contributed by atoms with Gasteiger partial charge in [0.05, 0.1) is 6.10 Å². The molecule has 1 aromatic rings. The number of hydrogen-bond donors (Lipinski definition) is 0. The van der Waals surface area contributed by atoms with Crippen LogP contribution in [-0.4, -0.2) is 25.6 Å². The summed E-state index contributed by atoms with van der Waals surface area (Å²) < 4.78 is 5.59. The number of alkyl halides is 1. The van der Waals surface area contributed by atoms with Crippen LogP contribution in [0.2, 0.25) is 0 Å². The first kappa shape index (κ1) is 13.2. The maximum Gasteiger partial charge on any atom is 0.119 e. The van der Waals surface area contributed by atoms with E-state index in [1.54, 1.807) is 0 Å². The highest BCUT2D eigenvalue weighted by atomic mass is 35.5. The number of ether oxygens (including phenoxy) is 1. The topological polar surface area (TPSA) is 12.5 Å². The van der Waals surface area contributed by atoms with Crippen LogP contribution in [0.4, 0.5) is 5.69 Å². The van der Waals surface area contributed by atoms with Gasteiger partial charge in [0.25, 0.3) is 0 Å². The van der Waals surface area contributed by atoms with Crippen molar-refractivity contribution < 1.29 is 4.74 Å². The smallest absolute Gasteiger partial charge is 0.119 e. The molecule has 1 rings (SSSR count). The third kappa shape index (κ3) is 4.31. The average molecular weight is 242 g/mol. The first-order chi connectivity index (χ1) is 7.63. The van der Waals surface area contributed by atoms with Gasteiger partial charge in [-0.3, -0.25) is 0 Å². The summed E-state index contributed by atoms with van der Waals surface area (Å²) in [4.78, 5) is 2.20. The molecular formula is C13H20ClNO. The predicted molar refractivity (Wildman–Crippen MR) is 70.8 cm³/mol. The van der Waals surface area contributed by atoms with Crippen molar-refractivity contribution in [2.45, 2.75) is 26.4 Å². The SMILES string of the molecule is CC(C)Oc1ccc(N(C)CCCCl)cc1. The molecule has 0 N–H and O–H groups in total. The zero-order valence-corrected chi connectivity index (χ0v) is 11.0. The fraction of sp³-hybridized carbons (Fsp3) is 0.538. The van der Waals surface area contributed by atoms with E-state index in [0.717, 1.165) is 18.7 Å². The zero-order chi connectivity index (χ0) is 12.0. The van der Waals surface area contributed by atoms with Gasteiger partial charge in [0.2, 0.25) is 0 Å². The molecule has 0 aliphatic heterocycles. The van der Waals surface area contributed by atoms with E-state index in [-0.39, 0.29) is 6.10 Å². The Hall–Kier alpha value is -0.890. The van der Waals surface area contributed by atoms with Crippen molar-refractivity contribution in [3.63, 3.8) is 0 Å². The highest BCUT2D eigenvalue weighted by Crippen LogP contribution is 2.19. The predicted octanol–water partition coefficient (Wildman–Crippen LogP) is 3.54. The van der Waals surface area contributed by atoms with Crippen molar-refractivity contribution in [2.75, 3.05) is 24.4 Å². The molecule has 0 unspecified atom stereocenters. The van der Waals surface area contributed by atoms with Gasteiger partial charge in [-0.1, -0.05) is 0 Å². The van der Waals surface area contributed by atoms with Crippen molar-refractivity contribution >= 4 is 17.3 Å². The molecular weight excluding hydrogens is 222 g/mol. The molecule has 0 saturated heterocycles. The number of rotatable bonds is 6. The van der Waals surface area contributed by atoms with Gasteiger partial charge in [-0.2, -0.15) is 0 Å². The molecule has 0 spiro atoms. The van der Waals surface area contributed by atoms with Gasteiger partial charge < -0.3 is 9.64 Å². The van der Waals surface area contributed by atoms with Gasteiger partial charge in [0, 0.05) is 25.2 Å². The lowest BCUT2D eigenvalue weighted by molar-refractivity contribution is 0.242. The normalized spacial score (nSPS) is 10.6. The van der Waals surface area contributed by atoms with Crippen LogP contribution >= 0.6 is 11.6 Å². The van der Waals surface area contributed by atoms with E-state index in [1.807, 2.05) is 26.0 Å². The minimum Gasteiger partial charge on any atom is -0.491 e. The van der Waals surface area contributed by atoms with Crippen LogP contribution in [0.15, 0.2) is 24.3 Å². The molecule has 3 heteroatoms. The maximum atomic E-state index is 5.67. The monoisotopic (exact) mass is 241 g/mol. The van der Waals surface area contributed by atoms with Gasteiger partial charge in [0.1, 0.15) is 5.75 Å². The molecule has 0 amide bonds. The fourth-order valence-electron chi connectivity index (χ4n) is 1.48. The van der Waals surface area contributed by atoms with Crippen LogP contribution in [0.1, 0.15) is 20.3 Å². The lowest BCUT2D eigenvalue weighted by Crippen LogP contribution is -2.18. The van der Waals surface area contributed by atoms with Crippen LogP contribution < -0.4 is 9.64 Å². The van der Waals surface area contributed by atoms with Crippen LogP contribution in [0.25, 0.3) is 0 Å². The first-order valence-electron chi connectivity index (χ1n) is 5.67. The number of anilines is 1. The molecule has 2 nitrogen and oxygen atoms in total. The molecule has 0 bridgehead atoms. The van der Waals surface area contributed by atoms with E-state index in [1.165, 1.54) is 5.69 Å². The van der Waals surface area contributed by atoms with Gasteiger partial charge in [0.15, 0.2) is 0 Å². The largest absolute Gasteiger partial charge is 0.491 e. The Morgan fingerprint density at radius 2 is 1.88 bits per heavy atom. The van der Waals surface area contributed by atoms with E-state index in [2.05, 4.69) is 24.1 Å². The van der Waals surface area contributed by atoms with Gasteiger partial charge in [-0.05, 0) is 44.5 Å². The van der Waals surface area contributed by atoms with Crippen molar-refractivity contribution in [1.82, 2.24) is 0 Å². The van der Waals surface area contributed by atoms with Crippen molar-refractivity contribution in [1.29, 1.82) is 0 Å². The van der Waals surface area contributed by atoms with E-state index in [0.29, 0.717) is 5.88 Å². The second-order valence-electron chi connectivity index (χ2n) is 4.12. The third-order valence-electron chi connectivity index (χ3n) is 2.28. The Morgan fingerprint density at radius 1 is 1.25 bits per heavy atom. The Kier molecular flexibility index (Phi) is 5.47. The Morgan fingerprint density at radius 3 is 2.38 bits per heavy atom. The van der Waals surface area contributed by atoms with Crippen molar-refractivity contribution in [3.8, 4) is 5.75 Å².